The van der Waals surface area contributed by atoms with E-state index in [4.69, 9.17) is 9.73 Å². The lowest BCUT2D eigenvalue weighted by Crippen LogP contribution is -2.49. The van der Waals surface area contributed by atoms with Crippen LogP contribution in [0.25, 0.3) is 0 Å². The molecular weight excluding hydrogens is 412 g/mol. The van der Waals surface area contributed by atoms with E-state index in [0.717, 1.165) is 42.4 Å². The van der Waals surface area contributed by atoms with Gasteiger partial charge < -0.3 is 9.64 Å². The number of rotatable bonds is 4. The van der Waals surface area contributed by atoms with Gasteiger partial charge in [0.2, 0.25) is 0 Å². The molecule has 174 valence electrons. The molecule has 0 saturated heterocycles. The SMILES string of the molecule is COC(=O)c1ccc(CN2C(=O)C(c3cccc(C)c3)=NC23CCC(C(C)(C)C)CC3)cc1. The minimum absolute atomic E-state index is 0.00754. The topological polar surface area (TPSA) is 59.0 Å². The van der Waals surface area contributed by atoms with Gasteiger partial charge in [0.1, 0.15) is 11.4 Å². The van der Waals surface area contributed by atoms with Crippen LogP contribution in [-0.4, -0.2) is 35.3 Å². The van der Waals surface area contributed by atoms with Crippen LogP contribution in [0.4, 0.5) is 0 Å². The number of hydrogen-bond acceptors (Lipinski definition) is 4. The zero-order valence-electron chi connectivity index (χ0n) is 20.4. The van der Waals surface area contributed by atoms with E-state index in [1.54, 1.807) is 12.1 Å². The fourth-order valence-electron chi connectivity index (χ4n) is 5.21. The third-order valence-electron chi connectivity index (χ3n) is 7.29. The van der Waals surface area contributed by atoms with Gasteiger partial charge in [-0.2, -0.15) is 0 Å². The average molecular weight is 447 g/mol. The molecule has 1 amide bonds. The second-order valence-electron chi connectivity index (χ2n) is 10.5. The predicted octanol–water partition coefficient (Wildman–Crippen LogP) is 5.55. The van der Waals surface area contributed by atoms with Crippen molar-refractivity contribution >= 4 is 17.6 Å². The van der Waals surface area contributed by atoms with E-state index in [0.29, 0.717) is 23.7 Å². The Kier molecular flexibility index (Phi) is 6.17. The first kappa shape index (κ1) is 23.2. The Labute approximate surface area is 196 Å². The van der Waals surface area contributed by atoms with Crippen molar-refractivity contribution in [3.8, 4) is 0 Å². The van der Waals surface area contributed by atoms with Crippen molar-refractivity contribution in [2.45, 2.75) is 65.6 Å². The maximum atomic E-state index is 13.7. The molecule has 1 saturated carbocycles. The molecular formula is C28H34N2O3. The molecule has 1 aliphatic heterocycles. The highest BCUT2D eigenvalue weighted by Gasteiger charge is 2.50. The molecule has 2 aliphatic rings. The molecule has 1 aliphatic carbocycles. The summed E-state index contributed by atoms with van der Waals surface area (Å²) in [7, 11) is 1.38. The van der Waals surface area contributed by atoms with E-state index in [9.17, 15) is 9.59 Å². The van der Waals surface area contributed by atoms with Crippen LogP contribution in [0.15, 0.2) is 53.5 Å². The largest absolute Gasteiger partial charge is 0.465 e. The number of aliphatic imine (C=N–C) groups is 1. The Morgan fingerprint density at radius 3 is 2.36 bits per heavy atom. The van der Waals surface area contributed by atoms with Gasteiger partial charge in [0.15, 0.2) is 0 Å². The molecule has 5 heteroatoms. The molecule has 1 spiro atoms. The number of amides is 1. The highest BCUT2D eigenvalue weighted by Crippen LogP contribution is 2.47. The molecule has 1 fully saturated rings. The van der Waals surface area contributed by atoms with Gasteiger partial charge in [0, 0.05) is 12.1 Å². The molecule has 0 bridgehead atoms. The van der Waals surface area contributed by atoms with Gasteiger partial charge in [-0.25, -0.2) is 4.79 Å². The maximum absolute atomic E-state index is 13.7. The maximum Gasteiger partial charge on any atom is 0.337 e. The lowest BCUT2D eigenvalue weighted by molar-refractivity contribution is -0.130. The Hall–Kier alpha value is -2.95. The predicted molar refractivity (Wildman–Crippen MR) is 130 cm³/mol. The second-order valence-corrected chi connectivity index (χ2v) is 10.5. The molecule has 33 heavy (non-hydrogen) atoms. The lowest BCUT2D eigenvalue weighted by atomic mass is 9.69. The van der Waals surface area contributed by atoms with Crippen LogP contribution in [0.3, 0.4) is 0 Å². The molecule has 1 heterocycles. The summed E-state index contributed by atoms with van der Waals surface area (Å²) in [5, 5.41) is 0. The molecule has 0 radical (unpaired) electrons. The molecule has 4 rings (SSSR count). The Bertz CT molecular complexity index is 1070. The number of ether oxygens (including phenoxy) is 1. The highest BCUT2D eigenvalue weighted by atomic mass is 16.5. The van der Waals surface area contributed by atoms with Gasteiger partial charge in [-0.3, -0.25) is 9.79 Å². The summed E-state index contributed by atoms with van der Waals surface area (Å²) in [6.45, 7) is 9.42. The fourth-order valence-corrected chi connectivity index (χ4v) is 5.21. The monoisotopic (exact) mass is 446 g/mol. The number of aryl methyl sites for hydroxylation is 1. The molecule has 2 aromatic carbocycles. The Morgan fingerprint density at radius 1 is 1.12 bits per heavy atom. The van der Waals surface area contributed by atoms with Gasteiger partial charge in [-0.1, -0.05) is 56.7 Å². The van der Waals surface area contributed by atoms with Crippen molar-refractivity contribution < 1.29 is 14.3 Å². The third kappa shape index (κ3) is 4.59. The molecule has 0 N–H and O–H groups in total. The number of esters is 1. The number of benzene rings is 2. The van der Waals surface area contributed by atoms with Gasteiger partial charge in [-0.15, -0.1) is 0 Å². The second kappa shape index (κ2) is 8.77. The normalized spacial score (nSPS) is 23.1. The van der Waals surface area contributed by atoms with Crippen LogP contribution in [0.5, 0.6) is 0 Å². The van der Waals surface area contributed by atoms with Crippen molar-refractivity contribution in [3.05, 3.63) is 70.8 Å². The van der Waals surface area contributed by atoms with Crippen LogP contribution in [0.1, 0.15) is 73.5 Å². The van der Waals surface area contributed by atoms with Crippen molar-refractivity contribution in [3.63, 3.8) is 0 Å². The third-order valence-corrected chi connectivity index (χ3v) is 7.29. The van der Waals surface area contributed by atoms with E-state index >= 15 is 0 Å². The highest BCUT2D eigenvalue weighted by molar-refractivity contribution is 6.46. The first-order chi connectivity index (χ1) is 15.6. The Balaban J connectivity index is 1.65. The van der Waals surface area contributed by atoms with E-state index in [-0.39, 0.29) is 17.3 Å². The summed E-state index contributed by atoms with van der Waals surface area (Å²) in [6.07, 6.45) is 3.85. The summed E-state index contributed by atoms with van der Waals surface area (Å²) in [4.78, 5) is 32.6. The number of carbonyl (C=O) groups excluding carboxylic acids is 2. The summed E-state index contributed by atoms with van der Waals surface area (Å²) in [5.41, 5.74) is 3.81. The minimum Gasteiger partial charge on any atom is -0.465 e. The van der Waals surface area contributed by atoms with Crippen molar-refractivity contribution in [1.29, 1.82) is 0 Å². The van der Waals surface area contributed by atoms with Crippen LogP contribution >= 0.6 is 0 Å². The average Bonchev–Trinajstić information content (AvgIpc) is 3.05. The summed E-state index contributed by atoms with van der Waals surface area (Å²) < 4.78 is 4.80. The van der Waals surface area contributed by atoms with E-state index in [1.807, 2.05) is 48.2 Å². The number of carbonyl (C=O) groups is 2. The quantitative estimate of drug-likeness (QED) is 0.579. The van der Waals surface area contributed by atoms with Crippen LogP contribution in [0, 0.1) is 18.3 Å². The standard InChI is InChI=1S/C28H34N2O3/c1-19-7-6-8-22(17-19)24-25(31)30(18-20-9-11-21(12-10-20)26(32)33-5)28(29-24)15-13-23(14-16-28)27(2,3)4/h6-12,17,23H,13-16,18H2,1-5H3. The number of nitrogens with zero attached hydrogens (tertiary/aromatic N) is 2. The van der Waals surface area contributed by atoms with Gasteiger partial charge >= 0.3 is 5.97 Å². The minimum atomic E-state index is -0.501. The molecule has 2 aromatic rings. The molecule has 5 nitrogen and oxygen atoms in total. The van der Waals surface area contributed by atoms with Crippen LogP contribution in [-0.2, 0) is 16.1 Å². The molecule has 0 aromatic heterocycles. The zero-order valence-corrected chi connectivity index (χ0v) is 20.4. The summed E-state index contributed by atoms with van der Waals surface area (Å²) >= 11 is 0. The first-order valence-corrected chi connectivity index (χ1v) is 11.8. The smallest absolute Gasteiger partial charge is 0.337 e. The fraction of sp³-hybridized carbons (Fsp3) is 0.464. The molecule has 0 unspecified atom stereocenters. The van der Waals surface area contributed by atoms with Crippen LogP contribution in [0.2, 0.25) is 0 Å². The van der Waals surface area contributed by atoms with Crippen LogP contribution < -0.4 is 0 Å². The summed E-state index contributed by atoms with van der Waals surface area (Å²) in [5.74, 6) is 0.255. The van der Waals surface area contributed by atoms with E-state index in [1.165, 1.54) is 7.11 Å². The van der Waals surface area contributed by atoms with E-state index in [2.05, 4.69) is 20.8 Å². The van der Waals surface area contributed by atoms with Crippen molar-refractivity contribution in [2.24, 2.45) is 16.3 Å². The van der Waals surface area contributed by atoms with Gasteiger partial charge in [-0.05, 0) is 67.7 Å². The Morgan fingerprint density at radius 2 is 1.79 bits per heavy atom. The van der Waals surface area contributed by atoms with Gasteiger partial charge in [0.05, 0.1) is 12.7 Å². The first-order valence-electron chi connectivity index (χ1n) is 11.8. The lowest BCUT2D eigenvalue weighted by Gasteiger charge is -2.44. The zero-order chi connectivity index (χ0) is 23.8. The number of hydrogen-bond donors (Lipinski definition) is 0. The number of methoxy groups -OCH3 is 1. The van der Waals surface area contributed by atoms with Crippen molar-refractivity contribution in [2.75, 3.05) is 7.11 Å². The van der Waals surface area contributed by atoms with Gasteiger partial charge in [0.25, 0.3) is 5.91 Å². The van der Waals surface area contributed by atoms with Crippen molar-refractivity contribution in [1.82, 2.24) is 4.90 Å². The summed E-state index contributed by atoms with van der Waals surface area (Å²) in [6, 6.07) is 15.4. The van der Waals surface area contributed by atoms with E-state index < -0.39 is 5.66 Å². The molecule has 0 atom stereocenters.